The highest BCUT2D eigenvalue weighted by molar-refractivity contribution is 7.91. The zero-order valence-corrected chi connectivity index (χ0v) is 16.2. The van der Waals surface area contributed by atoms with Gasteiger partial charge in [0.25, 0.3) is 11.8 Å². The van der Waals surface area contributed by atoms with Crippen LogP contribution in [0.4, 0.5) is 0 Å². The number of amides is 2. The first-order valence-corrected chi connectivity index (χ1v) is 11.1. The van der Waals surface area contributed by atoms with Gasteiger partial charge in [-0.25, -0.2) is 8.42 Å². The Balaban J connectivity index is 1.67. The molecule has 0 aromatic carbocycles. The van der Waals surface area contributed by atoms with Gasteiger partial charge in [0.1, 0.15) is 5.69 Å². The summed E-state index contributed by atoms with van der Waals surface area (Å²) in [4.78, 5) is 30.8. The van der Waals surface area contributed by atoms with Gasteiger partial charge in [-0.05, 0) is 38.3 Å². The van der Waals surface area contributed by atoms with E-state index in [-0.39, 0.29) is 41.2 Å². The molecule has 2 atom stereocenters. The van der Waals surface area contributed by atoms with Crippen molar-refractivity contribution in [2.45, 2.75) is 38.3 Å². The Labute approximate surface area is 159 Å². The smallest absolute Gasteiger partial charge is 0.269 e. The lowest BCUT2D eigenvalue weighted by Gasteiger charge is -2.27. The van der Waals surface area contributed by atoms with Crippen molar-refractivity contribution in [2.24, 2.45) is 0 Å². The van der Waals surface area contributed by atoms with Gasteiger partial charge in [0.05, 0.1) is 17.6 Å². The second-order valence-corrected chi connectivity index (χ2v) is 9.15. The monoisotopic (exact) mass is 395 g/mol. The minimum absolute atomic E-state index is 0.00754. The maximum Gasteiger partial charge on any atom is 0.269 e. The lowest BCUT2D eigenvalue weighted by atomic mass is 10.1. The van der Waals surface area contributed by atoms with E-state index in [1.165, 1.54) is 12.3 Å². The Bertz CT molecular complexity index is 805. The molecule has 0 bridgehead atoms. The highest BCUT2D eigenvalue weighted by Crippen LogP contribution is 2.20. The highest BCUT2D eigenvalue weighted by Gasteiger charge is 2.34. The molecule has 2 fully saturated rings. The van der Waals surface area contributed by atoms with Gasteiger partial charge in [0, 0.05) is 37.5 Å². The molecule has 2 aliphatic heterocycles. The van der Waals surface area contributed by atoms with Gasteiger partial charge < -0.3 is 15.0 Å². The first-order valence-electron chi connectivity index (χ1n) is 9.27. The molecule has 3 rings (SSSR count). The Morgan fingerprint density at radius 3 is 2.81 bits per heavy atom. The number of rotatable bonds is 6. The van der Waals surface area contributed by atoms with Crippen molar-refractivity contribution in [3.63, 3.8) is 0 Å². The second kappa shape index (κ2) is 8.35. The fourth-order valence-electron chi connectivity index (χ4n) is 3.54. The van der Waals surface area contributed by atoms with Crippen LogP contribution in [0, 0.1) is 0 Å². The average Bonchev–Trinajstić information content (AvgIpc) is 3.30. The van der Waals surface area contributed by atoms with E-state index in [1.54, 1.807) is 11.0 Å². The van der Waals surface area contributed by atoms with E-state index in [1.807, 2.05) is 6.92 Å². The molecule has 1 aromatic heterocycles. The molecule has 0 radical (unpaired) electrons. The van der Waals surface area contributed by atoms with Gasteiger partial charge in [-0.15, -0.1) is 0 Å². The number of hydrogen-bond acceptors (Lipinski definition) is 6. The Kier molecular flexibility index (Phi) is 6.11. The van der Waals surface area contributed by atoms with Crippen LogP contribution in [0.5, 0.6) is 0 Å². The van der Waals surface area contributed by atoms with E-state index in [2.05, 4.69) is 10.3 Å². The van der Waals surface area contributed by atoms with Crippen LogP contribution in [-0.4, -0.2) is 73.5 Å². The zero-order valence-electron chi connectivity index (χ0n) is 15.4. The molecule has 148 valence electrons. The van der Waals surface area contributed by atoms with E-state index in [9.17, 15) is 18.0 Å². The molecule has 0 saturated carbocycles. The normalized spacial score (nSPS) is 23.9. The van der Waals surface area contributed by atoms with Crippen LogP contribution in [0.15, 0.2) is 18.3 Å². The van der Waals surface area contributed by atoms with Crippen LogP contribution in [0.25, 0.3) is 0 Å². The molecule has 3 heterocycles. The molecule has 27 heavy (non-hydrogen) atoms. The summed E-state index contributed by atoms with van der Waals surface area (Å²) >= 11 is 0. The lowest BCUT2D eigenvalue weighted by molar-refractivity contribution is 0.0708. The van der Waals surface area contributed by atoms with Crippen molar-refractivity contribution < 1.29 is 22.7 Å². The number of nitrogens with one attached hydrogen (secondary N) is 1. The molecule has 8 nitrogen and oxygen atoms in total. The van der Waals surface area contributed by atoms with Crippen LogP contribution in [0.2, 0.25) is 0 Å². The summed E-state index contributed by atoms with van der Waals surface area (Å²) in [7, 11) is -3.09. The molecule has 2 unspecified atom stereocenters. The summed E-state index contributed by atoms with van der Waals surface area (Å²) in [6.07, 6.45) is 3.81. The van der Waals surface area contributed by atoms with E-state index in [0.29, 0.717) is 31.7 Å². The fourth-order valence-corrected chi connectivity index (χ4v) is 5.28. The quantitative estimate of drug-likeness (QED) is 0.758. The van der Waals surface area contributed by atoms with Gasteiger partial charge in [0.15, 0.2) is 9.84 Å². The van der Waals surface area contributed by atoms with Gasteiger partial charge >= 0.3 is 0 Å². The highest BCUT2D eigenvalue weighted by atomic mass is 32.2. The van der Waals surface area contributed by atoms with Crippen molar-refractivity contribution in [3.8, 4) is 0 Å². The van der Waals surface area contributed by atoms with Gasteiger partial charge in [-0.3, -0.25) is 14.6 Å². The number of sulfone groups is 1. The summed E-state index contributed by atoms with van der Waals surface area (Å²) in [6, 6.07) is 2.68. The number of nitrogens with zero attached hydrogens (tertiary/aromatic N) is 2. The predicted molar refractivity (Wildman–Crippen MR) is 99.3 cm³/mol. The fraction of sp³-hybridized carbons (Fsp3) is 0.611. The van der Waals surface area contributed by atoms with E-state index in [4.69, 9.17) is 4.74 Å². The molecule has 9 heteroatoms. The third-order valence-corrected chi connectivity index (χ3v) is 6.75. The number of pyridine rings is 1. The Morgan fingerprint density at radius 2 is 2.19 bits per heavy atom. The van der Waals surface area contributed by atoms with Crippen LogP contribution >= 0.6 is 0 Å². The van der Waals surface area contributed by atoms with Crippen molar-refractivity contribution in [3.05, 3.63) is 29.6 Å². The summed E-state index contributed by atoms with van der Waals surface area (Å²) in [6.45, 7) is 3.35. The Morgan fingerprint density at radius 1 is 1.37 bits per heavy atom. The molecule has 2 saturated heterocycles. The van der Waals surface area contributed by atoms with E-state index >= 15 is 0 Å². The molecule has 2 aliphatic rings. The maximum atomic E-state index is 12.9. The molecule has 1 N–H and O–H groups in total. The molecular formula is C18H25N3O5S. The van der Waals surface area contributed by atoms with Crippen molar-refractivity contribution in [2.75, 3.05) is 31.2 Å². The first-order chi connectivity index (χ1) is 12.9. The summed E-state index contributed by atoms with van der Waals surface area (Å²) in [5.41, 5.74) is 0.493. The minimum Gasteiger partial charge on any atom is -0.376 e. The molecular weight excluding hydrogens is 370 g/mol. The Hall–Kier alpha value is -2.00. The van der Waals surface area contributed by atoms with E-state index < -0.39 is 9.84 Å². The lowest BCUT2D eigenvalue weighted by Crippen LogP contribution is -2.41. The standard InChI is InChI=1S/C18H25N3O5S/c1-2-21(14-6-9-27(24,25)12-14)18(23)13-5-7-19-16(10-13)17(22)20-11-15-4-3-8-26-15/h5,7,10,14-15H,2-4,6,8-9,11-12H2,1H3,(H,20,22). The second-order valence-electron chi connectivity index (χ2n) is 6.92. The van der Waals surface area contributed by atoms with Gasteiger partial charge in [-0.1, -0.05) is 0 Å². The summed E-state index contributed by atoms with van der Waals surface area (Å²) < 4.78 is 28.9. The van der Waals surface area contributed by atoms with Crippen LogP contribution in [0.3, 0.4) is 0 Å². The maximum absolute atomic E-state index is 12.9. The zero-order chi connectivity index (χ0) is 19.4. The topological polar surface area (TPSA) is 106 Å². The minimum atomic E-state index is -3.09. The summed E-state index contributed by atoms with van der Waals surface area (Å²) in [5, 5.41) is 2.79. The van der Waals surface area contributed by atoms with E-state index in [0.717, 1.165) is 12.8 Å². The molecule has 1 aromatic rings. The molecule has 0 spiro atoms. The largest absolute Gasteiger partial charge is 0.376 e. The molecule has 2 amide bonds. The summed E-state index contributed by atoms with van der Waals surface area (Å²) in [5.74, 6) is -0.539. The van der Waals surface area contributed by atoms with Gasteiger partial charge in [0.2, 0.25) is 0 Å². The van der Waals surface area contributed by atoms with Crippen molar-refractivity contribution >= 4 is 21.7 Å². The van der Waals surface area contributed by atoms with Crippen LogP contribution in [-0.2, 0) is 14.6 Å². The number of carbonyl (C=O) groups is 2. The SMILES string of the molecule is CCN(C(=O)c1ccnc(C(=O)NCC2CCCO2)c1)C1CCS(=O)(=O)C1. The molecule has 0 aliphatic carbocycles. The first kappa shape index (κ1) is 19.8. The van der Waals surface area contributed by atoms with Gasteiger partial charge in [-0.2, -0.15) is 0 Å². The van der Waals surface area contributed by atoms with Crippen LogP contribution in [0.1, 0.15) is 47.0 Å². The number of carbonyl (C=O) groups excluding carboxylic acids is 2. The van der Waals surface area contributed by atoms with Crippen molar-refractivity contribution in [1.29, 1.82) is 0 Å². The van der Waals surface area contributed by atoms with Crippen LogP contribution < -0.4 is 5.32 Å². The number of aromatic nitrogens is 1. The third-order valence-electron chi connectivity index (χ3n) is 5.00. The predicted octanol–water partition coefficient (Wildman–Crippen LogP) is 0.640. The van der Waals surface area contributed by atoms with Crippen molar-refractivity contribution in [1.82, 2.24) is 15.2 Å². The third kappa shape index (κ3) is 4.84. The average molecular weight is 395 g/mol. The number of hydrogen-bond donors (Lipinski definition) is 1. The number of ether oxygens (including phenoxy) is 1.